The maximum Gasteiger partial charge on any atom is 0.338 e. The first-order valence-corrected chi connectivity index (χ1v) is 5.57. The van der Waals surface area contributed by atoms with Crippen molar-refractivity contribution in [3.05, 3.63) is 45.5 Å². The molecule has 0 N–H and O–H groups in total. The summed E-state index contributed by atoms with van der Waals surface area (Å²) in [5.74, 6) is -0.287. The first-order valence-electron chi connectivity index (χ1n) is 4.49. The molecular formula is C12H9IO2. The SMILES string of the molecule is COC(=O)c1cc(I)cc2ccccc12. The minimum atomic E-state index is -0.287. The van der Waals surface area contributed by atoms with Crippen molar-refractivity contribution >= 4 is 39.3 Å². The zero-order chi connectivity index (χ0) is 10.8. The predicted octanol–water partition coefficient (Wildman–Crippen LogP) is 3.23. The van der Waals surface area contributed by atoms with E-state index in [1.165, 1.54) is 7.11 Å². The second kappa shape index (κ2) is 4.18. The van der Waals surface area contributed by atoms with Crippen LogP contribution in [-0.2, 0) is 4.74 Å². The molecule has 0 aromatic heterocycles. The topological polar surface area (TPSA) is 26.3 Å². The zero-order valence-corrected chi connectivity index (χ0v) is 10.3. The summed E-state index contributed by atoms with van der Waals surface area (Å²) in [6, 6.07) is 11.7. The van der Waals surface area contributed by atoms with Crippen molar-refractivity contribution in [3.63, 3.8) is 0 Å². The number of benzene rings is 2. The van der Waals surface area contributed by atoms with Gasteiger partial charge < -0.3 is 4.74 Å². The number of methoxy groups -OCH3 is 1. The molecule has 0 bridgehead atoms. The fraction of sp³-hybridized carbons (Fsp3) is 0.0833. The first-order chi connectivity index (χ1) is 7.22. The summed E-state index contributed by atoms with van der Waals surface area (Å²) in [5, 5.41) is 1.99. The molecular weight excluding hydrogens is 303 g/mol. The van der Waals surface area contributed by atoms with Gasteiger partial charge in [0, 0.05) is 3.57 Å². The molecule has 0 fully saturated rings. The Morgan fingerprint density at radius 3 is 2.73 bits per heavy atom. The average molecular weight is 312 g/mol. The van der Waals surface area contributed by atoms with Crippen LogP contribution in [0.5, 0.6) is 0 Å². The van der Waals surface area contributed by atoms with E-state index in [9.17, 15) is 4.79 Å². The monoisotopic (exact) mass is 312 g/mol. The van der Waals surface area contributed by atoms with Gasteiger partial charge in [0.05, 0.1) is 12.7 Å². The second-order valence-electron chi connectivity index (χ2n) is 3.17. The lowest BCUT2D eigenvalue weighted by Crippen LogP contribution is -2.02. The Kier molecular flexibility index (Phi) is 2.90. The summed E-state index contributed by atoms with van der Waals surface area (Å²) < 4.78 is 5.79. The van der Waals surface area contributed by atoms with Crippen molar-refractivity contribution in [2.45, 2.75) is 0 Å². The summed E-state index contributed by atoms with van der Waals surface area (Å²) in [5.41, 5.74) is 0.625. The van der Waals surface area contributed by atoms with E-state index < -0.39 is 0 Å². The minimum Gasteiger partial charge on any atom is -0.465 e. The lowest BCUT2D eigenvalue weighted by atomic mass is 10.1. The molecule has 2 rings (SSSR count). The Hall–Kier alpha value is -1.10. The summed E-state index contributed by atoms with van der Waals surface area (Å²) >= 11 is 2.20. The van der Waals surface area contributed by atoms with Crippen LogP contribution in [0.25, 0.3) is 10.8 Å². The number of fused-ring (bicyclic) bond motifs is 1. The average Bonchev–Trinajstić information content (AvgIpc) is 2.26. The zero-order valence-electron chi connectivity index (χ0n) is 8.16. The highest BCUT2D eigenvalue weighted by Crippen LogP contribution is 2.22. The van der Waals surface area contributed by atoms with Crippen molar-refractivity contribution in [3.8, 4) is 0 Å². The summed E-state index contributed by atoms with van der Waals surface area (Å²) in [4.78, 5) is 11.6. The molecule has 3 heteroatoms. The van der Waals surface area contributed by atoms with Crippen molar-refractivity contribution in [2.24, 2.45) is 0 Å². The van der Waals surface area contributed by atoms with Gasteiger partial charge in [0.1, 0.15) is 0 Å². The Labute approximate surface area is 101 Å². The van der Waals surface area contributed by atoms with Gasteiger partial charge >= 0.3 is 5.97 Å². The molecule has 0 aliphatic heterocycles. The van der Waals surface area contributed by atoms with Crippen LogP contribution in [0.2, 0.25) is 0 Å². The smallest absolute Gasteiger partial charge is 0.338 e. The number of rotatable bonds is 1. The van der Waals surface area contributed by atoms with Gasteiger partial charge in [-0.25, -0.2) is 4.79 Å². The molecule has 0 spiro atoms. The van der Waals surface area contributed by atoms with Crippen LogP contribution in [0.3, 0.4) is 0 Å². The maximum atomic E-state index is 11.6. The Bertz CT molecular complexity index is 520. The van der Waals surface area contributed by atoms with Crippen molar-refractivity contribution in [2.75, 3.05) is 7.11 Å². The third-order valence-corrected chi connectivity index (χ3v) is 2.85. The van der Waals surface area contributed by atoms with Crippen LogP contribution in [0.1, 0.15) is 10.4 Å². The van der Waals surface area contributed by atoms with Gasteiger partial charge in [0.15, 0.2) is 0 Å². The molecule has 0 atom stereocenters. The van der Waals surface area contributed by atoms with Crippen LogP contribution in [-0.4, -0.2) is 13.1 Å². The molecule has 0 aliphatic carbocycles. The van der Waals surface area contributed by atoms with Gasteiger partial charge in [-0.3, -0.25) is 0 Å². The first kappa shape index (κ1) is 10.4. The molecule has 0 amide bonds. The summed E-state index contributed by atoms with van der Waals surface area (Å²) in [7, 11) is 1.40. The van der Waals surface area contributed by atoms with E-state index in [-0.39, 0.29) is 5.97 Å². The summed E-state index contributed by atoms with van der Waals surface area (Å²) in [6.45, 7) is 0. The molecule has 0 unspecified atom stereocenters. The van der Waals surface area contributed by atoms with Gasteiger partial charge in [-0.15, -0.1) is 0 Å². The third kappa shape index (κ3) is 1.97. The number of carbonyl (C=O) groups excluding carboxylic acids is 1. The largest absolute Gasteiger partial charge is 0.465 e. The molecule has 2 nitrogen and oxygen atoms in total. The van der Waals surface area contributed by atoms with Crippen LogP contribution in [0, 0.1) is 3.57 Å². The quantitative estimate of drug-likeness (QED) is 0.597. The third-order valence-electron chi connectivity index (χ3n) is 2.23. The lowest BCUT2D eigenvalue weighted by Gasteiger charge is -2.05. The van der Waals surface area contributed by atoms with E-state index in [4.69, 9.17) is 4.74 Å². The number of ether oxygens (including phenoxy) is 1. The number of halogens is 1. The standard InChI is InChI=1S/C12H9IO2/c1-15-12(14)11-7-9(13)6-8-4-2-3-5-10(8)11/h2-7H,1H3. The van der Waals surface area contributed by atoms with E-state index in [1.807, 2.05) is 36.4 Å². The number of hydrogen-bond donors (Lipinski definition) is 0. The van der Waals surface area contributed by atoms with Crippen LogP contribution >= 0.6 is 22.6 Å². The summed E-state index contributed by atoms with van der Waals surface area (Å²) in [6.07, 6.45) is 0. The molecule has 0 aliphatic rings. The van der Waals surface area contributed by atoms with E-state index in [1.54, 1.807) is 0 Å². The van der Waals surface area contributed by atoms with E-state index in [2.05, 4.69) is 22.6 Å². The van der Waals surface area contributed by atoms with Gasteiger partial charge in [-0.2, -0.15) is 0 Å². The number of esters is 1. The molecule has 0 radical (unpaired) electrons. The highest BCUT2D eigenvalue weighted by molar-refractivity contribution is 14.1. The molecule has 2 aromatic carbocycles. The second-order valence-corrected chi connectivity index (χ2v) is 4.41. The van der Waals surface area contributed by atoms with Crippen molar-refractivity contribution in [1.82, 2.24) is 0 Å². The van der Waals surface area contributed by atoms with Crippen molar-refractivity contribution < 1.29 is 9.53 Å². The van der Waals surface area contributed by atoms with Crippen LogP contribution in [0.4, 0.5) is 0 Å². The van der Waals surface area contributed by atoms with Crippen LogP contribution < -0.4 is 0 Å². The van der Waals surface area contributed by atoms with Gasteiger partial charge in [-0.1, -0.05) is 24.3 Å². The molecule has 15 heavy (non-hydrogen) atoms. The van der Waals surface area contributed by atoms with Gasteiger partial charge in [0.2, 0.25) is 0 Å². The Balaban J connectivity index is 2.76. The highest BCUT2D eigenvalue weighted by Gasteiger charge is 2.10. The normalized spacial score (nSPS) is 10.3. The molecule has 76 valence electrons. The molecule has 0 saturated carbocycles. The van der Waals surface area contributed by atoms with E-state index in [0.717, 1.165) is 14.3 Å². The fourth-order valence-corrected chi connectivity index (χ4v) is 2.20. The lowest BCUT2D eigenvalue weighted by molar-refractivity contribution is 0.0603. The minimum absolute atomic E-state index is 0.287. The number of carbonyl (C=O) groups is 1. The Morgan fingerprint density at radius 1 is 1.27 bits per heavy atom. The molecule has 0 saturated heterocycles. The predicted molar refractivity (Wildman–Crippen MR) is 68.0 cm³/mol. The molecule has 0 heterocycles. The van der Waals surface area contributed by atoms with E-state index in [0.29, 0.717) is 5.56 Å². The fourth-order valence-electron chi connectivity index (χ4n) is 1.55. The van der Waals surface area contributed by atoms with Gasteiger partial charge in [0.25, 0.3) is 0 Å². The van der Waals surface area contributed by atoms with E-state index >= 15 is 0 Å². The van der Waals surface area contributed by atoms with Crippen LogP contribution in [0.15, 0.2) is 36.4 Å². The number of hydrogen-bond acceptors (Lipinski definition) is 2. The Morgan fingerprint density at radius 2 is 2.00 bits per heavy atom. The maximum absolute atomic E-state index is 11.6. The van der Waals surface area contributed by atoms with Crippen molar-refractivity contribution in [1.29, 1.82) is 0 Å². The molecule has 2 aromatic rings. The van der Waals surface area contributed by atoms with Gasteiger partial charge in [-0.05, 0) is 45.5 Å². The highest BCUT2D eigenvalue weighted by atomic mass is 127.